The molecule has 4 rings (SSSR count). The van der Waals surface area contributed by atoms with Crippen LogP contribution in [0.3, 0.4) is 0 Å². The first kappa shape index (κ1) is 15.3. The van der Waals surface area contributed by atoms with Gasteiger partial charge in [-0.3, -0.25) is 9.47 Å². The van der Waals surface area contributed by atoms with Gasteiger partial charge in [-0.1, -0.05) is 36.4 Å². The maximum Gasteiger partial charge on any atom is 0.320 e. The van der Waals surface area contributed by atoms with Gasteiger partial charge in [-0.25, -0.2) is 4.98 Å². The smallest absolute Gasteiger partial charge is 0.289 e. The summed E-state index contributed by atoms with van der Waals surface area (Å²) in [5, 5.41) is 0. The van der Waals surface area contributed by atoms with Crippen LogP contribution in [0.2, 0.25) is 0 Å². The van der Waals surface area contributed by atoms with E-state index in [0.29, 0.717) is 16.9 Å². The van der Waals surface area contributed by atoms with Gasteiger partial charge in [-0.2, -0.15) is 8.78 Å². The molecule has 2 heterocycles. The predicted octanol–water partition coefficient (Wildman–Crippen LogP) is 4.55. The number of rotatable bonds is 3. The monoisotopic (exact) mass is 327 g/mol. The first-order chi connectivity index (χ1) is 11.6. The highest BCUT2D eigenvalue weighted by atomic mass is 19.3. The Labute approximate surface area is 139 Å². The number of hydrogen-bond donors (Lipinski definition) is 0. The molecule has 0 amide bonds. The lowest BCUT2D eigenvalue weighted by molar-refractivity contribution is 0.0635. The van der Waals surface area contributed by atoms with Crippen LogP contribution in [-0.4, -0.2) is 21.0 Å². The molecule has 1 aromatic heterocycles. The fraction of sp³-hybridized carbons (Fsp3) is 0.316. The molecule has 3 aromatic rings. The van der Waals surface area contributed by atoms with Gasteiger partial charge >= 0.3 is 6.55 Å². The molecule has 0 N–H and O–H groups in total. The fourth-order valence-electron chi connectivity index (χ4n) is 3.57. The number of fused-ring (bicyclic) bond motifs is 2. The molecule has 0 spiro atoms. The molecule has 1 aliphatic rings. The summed E-state index contributed by atoms with van der Waals surface area (Å²) in [6.45, 7) is 0.995. The van der Waals surface area contributed by atoms with Gasteiger partial charge in [-0.15, -0.1) is 0 Å². The Morgan fingerprint density at radius 2 is 1.71 bits per heavy atom. The van der Waals surface area contributed by atoms with Crippen molar-refractivity contribution in [3.8, 4) is 0 Å². The maximum atomic E-state index is 13.7. The zero-order valence-electron chi connectivity index (χ0n) is 13.5. The van der Waals surface area contributed by atoms with Gasteiger partial charge in [0.05, 0.1) is 17.1 Å². The van der Waals surface area contributed by atoms with Gasteiger partial charge in [0.25, 0.3) is 0 Å². The third kappa shape index (κ3) is 2.49. The fourth-order valence-corrected chi connectivity index (χ4v) is 3.57. The average Bonchev–Trinajstić information content (AvgIpc) is 3.00. The molecular formula is C19H19F2N3. The van der Waals surface area contributed by atoms with E-state index in [1.165, 1.54) is 11.1 Å². The van der Waals surface area contributed by atoms with E-state index in [4.69, 9.17) is 0 Å². The second-order valence-electron chi connectivity index (χ2n) is 6.27. The summed E-state index contributed by atoms with van der Waals surface area (Å²) in [7, 11) is 0. The minimum absolute atomic E-state index is 0.167. The van der Waals surface area contributed by atoms with Crippen molar-refractivity contribution in [2.75, 3.05) is 6.54 Å². The summed E-state index contributed by atoms with van der Waals surface area (Å²) in [5.41, 5.74) is 3.74. The molecule has 1 atom stereocenters. The van der Waals surface area contributed by atoms with Crippen molar-refractivity contribution in [2.45, 2.75) is 32.5 Å². The van der Waals surface area contributed by atoms with Crippen molar-refractivity contribution in [1.82, 2.24) is 14.5 Å². The Hall–Kier alpha value is -2.27. The molecule has 0 radical (unpaired) electrons. The summed E-state index contributed by atoms with van der Waals surface area (Å²) < 4.78 is 28.4. The van der Waals surface area contributed by atoms with E-state index in [1.54, 1.807) is 18.2 Å². The molecule has 24 heavy (non-hydrogen) atoms. The van der Waals surface area contributed by atoms with Gasteiger partial charge in [0.1, 0.15) is 5.82 Å². The molecule has 1 unspecified atom stereocenters. The van der Waals surface area contributed by atoms with Crippen LogP contribution in [0.1, 0.15) is 36.5 Å². The first-order valence-electron chi connectivity index (χ1n) is 8.21. The van der Waals surface area contributed by atoms with Crippen LogP contribution in [0.5, 0.6) is 0 Å². The third-order valence-electron chi connectivity index (χ3n) is 4.90. The van der Waals surface area contributed by atoms with Crippen molar-refractivity contribution < 1.29 is 8.78 Å². The quantitative estimate of drug-likeness (QED) is 0.703. The van der Waals surface area contributed by atoms with Gasteiger partial charge in [0.2, 0.25) is 0 Å². The minimum Gasteiger partial charge on any atom is -0.289 e. The highest BCUT2D eigenvalue weighted by molar-refractivity contribution is 5.76. The van der Waals surface area contributed by atoms with E-state index >= 15 is 0 Å². The van der Waals surface area contributed by atoms with E-state index in [9.17, 15) is 8.78 Å². The molecule has 5 heteroatoms. The minimum atomic E-state index is -2.59. The van der Waals surface area contributed by atoms with Gasteiger partial charge in [0.15, 0.2) is 0 Å². The molecule has 2 aromatic carbocycles. The average molecular weight is 327 g/mol. The third-order valence-corrected chi connectivity index (χ3v) is 4.90. The number of benzene rings is 2. The first-order valence-corrected chi connectivity index (χ1v) is 8.21. The summed E-state index contributed by atoms with van der Waals surface area (Å²) >= 11 is 0. The number of imidazole rings is 1. The van der Waals surface area contributed by atoms with E-state index in [2.05, 4.69) is 22.0 Å². The Morgan fingerprint density at radius 1 is 1.00 bits per heavy atom. The second-order valence-corrected chi connectivity index (χ2v) is 6.27. The van der Waals surface area contributed by atoms with Crippen molar-refractivity contribution in [1.29, 1.82) is 0 Å². The van der Waals surface area contributed by atoms with E-state index < -0.39 is 6.55 Å². The van der Waals surface area contributed by atoms with Crippen LogP contribution >= 0.6 is 0 Å². The Morgan fingerprint density at radius 3 is 2.50 bits per heavy atom. The largest absolute Gasteiger partial charge is 0.320 e. The highest BCUT2D eigenvalue weighted by Gasteiger charge is 2.27. The molecule has 0 saturated heterocycles. The van der Waals surface area contributed by atoms with Crippen molar-refractivity contribution in [3.63, 3.8) is 0 Å². The lowest BCUT2D eigenvalue weighted by Crippen LogP contribution is -2.34. The van der Waals surface area contributed by atoms with Crippen LogP contribution < -0.4 is 0 Å². The van der Waals surface area contributed by atoms with Crippen molar-refractivity contribution in [2.24, 2.45) is 0 Å². The SMILES string of the molecule is CC(c1nc2ccccc2n1C(F)F)N1CCc2ccccc2C1. The molecule has 0 fully saturated rings. The van der Waals surface area contributed by atoms with Crippen LogP contribution in [0.4, 0.5) is 8.78 Å². The van der Waals surface area contributed by atoms with Crippen LogP contribution in [0.15, 0.2) is 48.5 Å². The molecule has 1 aliphatic heterocycles. The topological polar surface area (TPSA) is 21.1 Å². The zero-order chi connectivity index (χ0) is 16.7. The van der Waals surface area contributed by atoms with E-state index in [-0.39, 0.29) is 6.04 Å². The standard InChI is InChI=1S/C19H19F2N3/c1-13(23-11-10-14-6-2-3-7-15(14)12-23)18-22-16-8-4-5-9-17(16)24(18)19(20)21/h2-9,13,19H,10-12H2,1H3. The lowest BCUT2D eigenvalue weighted by atomic mass is 9.99. The van der Waals surface area contributed by atoms with Gasteiger partial charge < -0.3 is 0 Å². The second kappa shape index (κ2) is 5.98. The van der Waals surface area contributed by atoms with Crippen LogP contribution in [0.25, 0.3) is 11.0 Å². The zero-order valence-corrected chi connectivity index (χ0v) is 13.5. The molecule has 124 valence electrons. The molecule has 3 nitrogen and oxygen atoms in total. The lowest BCUT2D eigenvalue weighted by Gasteiger charge is -2.33. The number of aromatic nitrogens is 2. The van der Waals surface area contributed by atoms with Crippen LogP contribution in [0, 0.1) is 0 Å². The Bertz CT molecular complexity index is 872. The van der Waals surface area contributed by atoms with E-state index in [1.807, 2.05) is 25.1 Å². The summed E-state index contributed by atoms with van der Waals surface area (Å²) in [5.74, 6) is 0.436. The van der Waals surface area contributed by atoms with Crippen molar-refractivity contribution >= 4 is 11.0 Å². The predicted molar refractivity (Wildman–Crippen MR) is 90.0 cm³/mol. The summed E-state index contributed by atoms with van der Waals surface area (Å²) in [6.07, 6.45) is 0.940. The molecule has 0 saturated carbocycles. The number of halogens is 2. The highest BCUT2D eigenvalue weighted by Crippen LogP contribution is 2.32. The number of hydrogen-bond acceptors (Lipinski definition) is 2. The Kier molecular flexibility index (Phi) is 3.81. The molecular weight excluding hydrogens is 308 g/mol. The molecule has 0 bridgehead atoms. The molecule has 0 aliphatic carbocycles. The van der Waals surface area contributed by atoms with Gasteiger partial charge in [0, 0.05) is 13.1 Å². The summed E-state index contributed by atoms with van der Waals surface area (Å²) in [6, 6.07) is 15.3. The summed E-state index contributed by atoms with van der Waals surface area (Å²) in [4.78, 5) is 6.73. The Balaban J connectivity index is 1.71. The van der Waals surface area contributed by atoms with Gasteiger partial charge in [-0.05, 0) is 36.6 Å². The number of para-hydroxylation sites is 2. The number of nitrogens with zero attached hydrogens (tertiary/aromatic N) is 3. The van der Waals surface area contributed by atoms with Crippen molar-refractivity contribution in [3.05, 3.63) is 65.5 Å². The maximum absolute atomic E-state index is 13.7. The van der Waals surface area contributed by atoms with Crippen LogP contribution in [-0.2, 0) is 13.0 Å². The van der Waals surface area contributed by atoms with E-state index in [0.717, 1.165) is 24.1 Å². The normalized spacial score (nSPS) is 16.5. The number of alkyl halides is 2.